The van der Waals surface area contributed by atoms with Crippen LogP contribution >= 0.6 is 11.6 Å². The number of nitrogens with zero attached hydrogens (tertiary/aromatic N) is 2. The maximum absolute atomic E-state index is 13.6. The van der Waals surface area contributed by atoms with E-state index in [1.165, 1.54) is 4.90 Å². The molecule has 10 heteroatoms. The number of rotatable bonds is 12. The van der Waals surface area contributed by atoms with E-state index >= 15 is 0 Å². The summed E-state index contributed by atoms with van der Waals surface area (Å²) in [4.78, 5) is 27.9. The molecule has 0 aliphatic carbocycles. The zero-order valence-corrected chi connectivity index (χ0v) is 22.4. The lowest BCUT2D eigenvalue weighted by Gasteiger charge is -2.32. The summed E-state index contributed by atoms with van der Waals surface area (Å²) in [7, 11) is -3.85. The Hall–Kier alpha value is -2.78. The van der Waals surface area contributed by atoms with Crippen LogP contribution in [0.15, 0.2) is 48.5 Å². The lowest BCUT2D eigenvalue weighted by atomic mass is 10.1. The second-order valence-electron chi connectivity index (χ2n) is 8.31. The van der Waals surface area contributed by atoms with Crippen LogP contribution in [0.3, 0.4) is 0 Å². The van der Waals surface area contributed by atoms with Gasteiger partial charge in [-0.1, -0.05) is 42.8 Å². The smallest absolute Gasteiger partial charge is 0.244 e. The second-order valence-corrected chi connectivity index (χ2v) is 10.7. The Balaban J connectivity index is 2.42. The van der Waals surface area contributed by atoms with Crippen LogP contribution in [0.25, 0.3) is 0 Å². The summed E-state index contributed by atoms with van der Waals surface area (Å²) in [6.45, 7) is 7.20. The minimum atomic E-state index is -3.85. The van der Waals surface area contributed by atoms with Crippen molar-refractivity contribution in [3.63, 3.8) is 0 Å². The molecule has 0 radical (unpaired) electrons. The minimum Gasteiger partial charge on any atom is -0.492 e. The molecule has 2 aromatic carbocycles. The van der Waals surface area contributed by atoms with Crippen molar-refractivity contribution in [3.8, 4) is 5.75 Å². The molecule has 0 spiro atoms. The molecule has 2 rings (SSSR count). The molecule has 8 nitrogen and oxygen atoms in total. The number of sulfonamides is 1. The summed E-state index contributed by atoms with van der Waals surface area (Å²) in [6.07, 6.45) is 1.77. The molecule has 0 aromatic heterocycles. The Bertz CT molecular complexity index is 1110. The number of ether oxygens (including phenoxy) is 1. The number of hydrogen-bond donors (Lipinski definition) is 1. The Morgan fingerprint density at radius 2 is 1.69 bits per heavy atom. The van der Waals surface area contributed by atoms with Gasteiger partial charge in [0.05, 0.1) is 18.6 Å². The molecule has 2 amide bonds. The summed E-state index contributed by atoms with van der Waals surface area (Å²) >= 11 is 5.99. The number of benzene rings is 2. The Kier molecular flexibility index (Phi) is 10.4. The highest BCUT2D eigenvalue weighted by Gasteiger charge is 2.31. The fourth-order valence-electron chi connectivity index (χ4n) is 3.37. The molecule has 1 N–H and O–H groups in total. The van der Waals surface area contributed by atoms with Crippen molar-refractivity contribution in [2.75, 3.05) is 23.7 Å². The third-order valence-corrected chi connectivity index (χ3v) is 6.93. The molecule has 0 saturated carbocycles. The second kappa shape index (κ2) is 12.8. The molecule has 0 saturated heterocycles. The van der Waals surface area contributed by atoms with Gasteiger partial charge in [-0.25, -0.2) is 8.42 Å². The fraction of sp³-hybridized carbons (Fsp3) is 0.440. The lowest BCUT2D eigenvalue weighted by molar-refractivity contribution is -0.139. The first-order valence-electron chi connectivity index (χ1n) is 11.5. The predicted octanol–water partition coefficient (Wildman–Crippen LogP) is 3.84. The van der Waals surface area contributed by atoms with Crippen molar-refractivity contribution in [3.05, 3.63) is 59.1 Å². The quantitative estimate of drug-likeness (QED) is 0.456. The van der Waals surface area contributed by atoms with Crippen LogP contribution in [0, 0.1) is 0 Å². The van der Waals surface area contributed by atoms with E-state index in [0.717, 1.165) is 22.5 Å². The van der Waals surface area contributed by atoms with Crippen molar-refractivity contribution in [2.24, 2.45) is 0 Å². The molecule has 2 unspecified atom stereocenters. The van der Waals surface area contributed by atoms with Crippen LogP contribution in [-0.4, -0.2) is 56.6 Å². The minimum absolute atomic E-state index is 0.0666. The third-order valence-electron chi connectivity index (χ3n) is 5.55. The van der Waals surface area contributed by atoms with E-state index in [1.807, 2.05) is 13.8 Å². The average Bonchev–Trinajstić information content (AvgIpc) is 2.81. The topological polar surface area (TPSA) is 96.0 Å². The van der Waals surface area contributed by atoms with Crippen molar-refractivity contribution in [1.82, 2.24) is 10.2 Å². The maximum atomic E-state index is 13.6. The van der Waals surface area contributed by atoms with Gasteiger partial charge in [0.15, 0.2) is 0 Å². The van der Waals surface area contributed by atoms with Crippen LogP contribution < -0.4 is 14.4 Å². The van der Waals surface area contributed by atoms with Crippen molar-refractivity contribution in [2.45, 2.75) is 52.7 Å². The Morgan fingerprint density at radius 3 is 2.26 bits per heavy atom. The summed E-state index contributed by atoms with van der Waals surface area (Å²) in [5.41, 5.74) is 1.01. The summed E-state index contributed by atoms with van der Waals surface area (Å²) in [5, 5.41) is 3.44. The molecule has 0 aliphatic heterocycles. The SMILES string of the molecule is CCOc1ccccc1N(CC(=O)N(Cc1ccc(Cl)cc1)C(C)C(=O)NC(C)CC)S(C)(=O)=O. The molecule has 0 bridgehead atoms. The normalized spacial score (nSPS) is 13.0. The van der Waals surface area contributed by atoms with Crippen LogP contribution in [0.2, 0.25) is 5.02 Å². The molecule has 35 heavy (non-hydrogen) atoms. The fourth-order valence-corrected chi connectivity index (χ4v) is 4.35. The molecule has 2 atom stereocenters. The van der Waals surface area contributed by atoms with Crippen LogP contribution in [0.1, 0.15) is 39.7 Å². The van der Waals surface area contributed by atoms with E-state index in [4.69, 9.17) is 16.3 Å². The van der Waals surface area contributed by atoms with Gasteiger partial charge in [-0.05, 0) is 57.0 Å². The first-order chi connectivity index (χ1) is 16.5. The van der Waals surface area contributed by atoms with Crippen LogP contribution in [0.4, 0.5) is 5.69 Å². The molecule has 0 aliphatic rings. The molecule has 0 fully saturated rings. The first-order valence-corrected chi connectivity index (χ1v) is 13.7. The number of nitrogens with one attached hydrogen (secondary N) is 1. The standard InChI is InChI=1S/C25H34ClN3O5S/c1-6-18(3)27-25(31)19(4)28(16-20-12-14-21(26)15-13-20)24(30)17-29(35(5,32)33)22-10-8-9-11-23(22)34-7-2/h8-15,18-19H,6-7,16-17H2,1-5H3,(H,27,31). The number of amides is 2. The van der Waals surface area contributed by atoms with Gasteiger partial charge in [0.1, 0.15) is 18.3 Å². The van der Waals surface area contributed by atoms with Crippen molar-refractivity contribution < 1.29 is 22.7 Å². The average molecular weight is 524 g/mol. The van der Waals surface area contributed by atoms with Gasteiger partial charge < -0.3 is 15.0 Å². The van der Waals surface area contributed by atoms with Crippen molar-refractivity contribution in [1.29, 1.82) is 0 Å². The van der Waals surface area contributed by atoms with Crippen LogP contribution in [0.5, 0.6) is 5.75 Å². The van der Waals surface area contributed by atoms with Gasteiger partial charge >= 0.3 is 0 Å². The zero-order chi connectivity index (χ0) is 26.2. The summed E-state index contributed by atoms with van der Waals surface area (Å²) in [6, 6.07) is 12.7. The monoisotopic (exact) mass is 523 g/mol. The van der Waals surface area contributed by atoms with Gasteiger partial charge in [0, 0.05) is 17.6 Å². The van der Waals surface area contributed by atoms with E-state index in [9.17, 15) is 18.0 Å². The first kappa shape index (κ1) is 28.5. The lowest BCUT2D eigenvalue weighted by Crippen LogP contribution is -2.52. The molecule has 2 aromatic rings. The number of hydrogen-bond acceptors (Lipinski definition) is 5. The maximum Gasteiger partial charge on any atom is 0.244 e. The number of carbonyl (C=O) groups is 2. The van der Waals surface area contributed by atoms with Crippen molar-refractivity contribution >= 4 is 39.1 Å². The number of para-hydroxylation sites is 2. The number of carbonyl (C=O) groups excluding carboxylic acids is 2. The number of anilines is 1. The Morgan fingerprint density at radius 1 is 1.06 bits per heavy atom. The van der Waals surface area contributed by atoms with Gasteiger partial charge in [0.25, 0.3) is 0 Å². The highest BCUT2D eigenvalue weighted by atomic mass is 35.5. The van der Waals surface area contributed by atoms with E-state index in [-0.39, 0.29) is 24.2 Å². The molecule has 0 heterocycles. The van der Waals surface area contributed by atoms with Gasteiger partial charge in [-0.15, -0.1) is 0 Å². The van der Waals surface area contributed by atoms with Crippen LogP contribution in [-0.2, 0) is 26.2 Å². The predicted molar refractivity (Wildman–Crippen MR) is 139 cm³/mol. The van der Waals surface area contributed by atoms with E-state index in [1.54, 1.807) is 62.4 Å². The molecular weight excluding hydrogens is 490 g/mol. The van der Waals surface area contributed by atoms with E-state index in [0.29, 0.717) is 17.4 Å². The summed E-state index contributed by atoms with van der Waals surface area (Å²) < 4.78 is 32.1. The molecular formula is C25H34ClN3O5S. The van der Waals surface area contributed by atoms with Gasteiger partial charge in [-0.3, -0.25) is 13.9 Å². The van der Waals surface area contributed by atoms with Gasteiger partial charge in [0.2, 0.25) is 21.8 Å². The van der Waals surface area contributed by atoms with Gasteiger partial charge in [-0.2, -0.15) is 0 Å². The third kappa shape index (κ3) is 8.14. The zero-order valence-electron chi connectivity index (χ0n) is 20.8. The van der Waals surface area contributed by atoms with E-state index < -0.39 is 28.5 Å². The molecule has 192 valence electrons. The highest BCUT2D eigenvalue weighted by Crippen LogP contribution is 2.30. The highest BCUT2D eigenvalue weighted by molar-refractivity contribution is 7.92. The Labute approximate surface area is 213 Å². The number of halogens is 1. The summed E-state index contributed by atoms with van der Waals surface area (Å²) in [5.74, 6) is -0.495. The largest absolute Gasteiger partial charge is 0.492 e. The van der Waals surface area contributed by atoms with E-state index in [2.05, 4.69) is 5.32 Å².